The molecule has 0 bridgehead atoms. The largest absolute Gasteiger partial charge is 0.493 e. The fourth-order valence-electron chi connectivity index (χ4n) is 2.53. The molecule has 0 spiro atoms. The van der Waals surface area contributed by atoms with Crippen LogP contribution in [0.15, 0.2) is 33.2 Å². The van der Waals surface area contributed by atoms with Crippen molar-refractivity contribution in [2.45, 2.75) is 33.7 Å². The average molecular weight is 354 g/mol. The van der Waals surface area contributed by atoms with Crippen molar-refractivity contribution in [2.75, 3.05) is 13.7 Å². The van der Waals surface area contributed by atoms with Crippen LogP contribution < -0.4 is 5.56 Å². The lowest BCUT2D eigenvalue weighted by Crippen LogP contribution is -2.22. The topological polar surface area (TPSA) is 100.0 Å². The molecule has 26 heavy (non-hydrogen) atoms. The molecule has 2 rings (SSSR count). The lowest BCUT2D eigenvalue weighted by atomic mass is 10.1. The van der Waals surface area contributed by atoms with Crippen molar-refractivity contribution in [3.63, 3.8) is 0 Å². The zero-order valence-corrected chi connectivity index (χ0v) is 15.4. The first-order valence-electron chi connectivity index (χ1n) is 8.25. The van der Waals surface area contributed by atoms with Crippen molar-refractivity contribution in [3.05, 3.63) is 50.8 Å². The smallest absolute Gasteiger partial charge is 0.281 e. The molecule has 7 heteroatoms. The Kier molecular flexibility index (Phi) is 6.26. The fourth-order valence-corrected chi connectivity index (χ4v) is 2.53. The maximum atomic E-state index is 12.7. The number of methoxy groups -OCH3 is 1. The Balaban J connectivity index is 2.51. The van der Waals surface area contributed by atoms with E-state index in [2.05, 4.69) is 10.2 Å². The Labute approximate surface area is 152 Å². The summed E-state index contributed by atoms with van der Waals surface area (Å²) in [5.74, 6) is -0.351. The van der Waals surface area contributed by atoms with Crippen molar-refractivity contribution >= 4 is 11.4 Å². The monoisotopic (exact) mass is 354 g/mol. The number of benzene rings is 1. The maximum Gasteiger partial charge on any atom is 0.281 e. The van der Waals surface area contributed by atoms with E-state index in [0.29, 0.717) is 24.3 Å². The lowest BCUT2D eigenvalue weighted by Gasteiger charge is -2.12. The van der Waals surface area contributed by atoms with E-state index in [4.69, 9.17) is 4.74 Å². The third-order valence-electron chi connectivity index (χ3n) is 4.26. The van der Waals surface area contributed by atoms with Crippen molar-refractivity contribution in [1.82, 2.24) is 4.57 Å². The highest BCUT2D eigenvalue weighted by Crippen LogP contribution is 2.27. The first kappa shape index (κ1) is 19.3. The van der Waals surface area contributed by atoms with Gasteiger partial charge in [-0.15, -0.1) is 5.11 Å². The van der Waals surface area contributed by atoms with Gasteiger partial charge in [0.05, 0.1) is 5.69 Å². The predicted octanol–water partition coefficient (Wildman–Crippen LogP) is 3.80. The minimum absolute atomic E-state index is 0.0241. The lowest BCUT2D eigenvalue weighted by molar-refractivity contribution is 0.188. The number of aromatic hydroxyl groups is 1. The number of pyridine rings is 1. The van der Waals surface area contributed by atoms with Crippen LogP contribution in [-0.4, -0.2) is 23.4 Å². The molecule has 1 heterocycles. The van der Waals surface area contributed by atoms with Gasteiger partial charge in [-0.2, -0.15) is 10.4 Å². The van der Waals surface area contributed by atoms with Gasteiger partial charge >= 0.3 is 0 Å². The van der Waals surface area contributed by atoms with Crippen LogP contribution in [0.4, 0.5) is 11.4 Å². The molecule has 0 amide bonds. The Hall–Kier alpha value is -2.98. The van der Waals surface area contributed by atoms with Gasteiger partial charge in [0.15, 0.2) is 5.69 Å². The molecular formula is C19H22N4O3. The number of hydrogen-bond donors (Lipinski definition) is 1. The van der Waals surface area contributed by atoms with Gasteiger partial charge in [-0.1, -0.05) is 6.07 Å². The van der Waals surface area contributed by atoms with Gasteiger partial charge in [-0.25, -0.2) is 0 Å². The molecule has 0 aliphatic carbocycles. The molecule has 0 saturated carbocycles. The second-order valence-corrected chi connectivity index (χ2v) is 6.06. The van der Waals surface area contributed by atoms with E-state index in [9.17, 15) is 15.2 Å². The summed E-state index contributed by atoms with van der Waals surface area (Å²) in [5.41, 5.74) is 2.72. The van der Waals surface area contributed by atoms with Crippen LogP contribution in [0.5, 0.6) is 5.88 Å². The average Bonchev–Trinajstić information content (AvgIpc) is 2.61. The molecule has 7 nitrogen and oxygen atoms in total. The molecule has 0 saturated heterocycles. The second kappa shape index (κ2) is 8.41. The number of aromatic nitrogens is 1. The zero-order chi connectivity index (χ0) is 19.3. The molecule has 0 unspecified atom stereocenters. The number of nitriles is 1. The number of hydrogen-bond acceptors (Lipinski definition) is 6. The molecule has 0 fully saturated rings. The van der Waals surface area contributed by atoms with Crippen LogP contribution in [0.1, 0.15) is 28.7 Å². The summed E-state index contributed by atoms with van der Waals surface area (Å²) < 4.78 is 6.11. The highest BCUT2D eigenvalue weighted by Gasteiger charge is 2.18. The summed E-state index contributed by atoms with van der Waals surface area (Å²) in [6, 6.07) is 7.54. The first-order chi connectivity index (χ1) is 12.4. The third-order valence-corrected chi connectivity index (χ3v) is 4.26. The van der Waals surface area contributed by atoms with Gasteiger partial charge in [0, 0.05) is 25.8 Å². The minimum Gasteiger partial charge on any atom is -0.493 e. The van der Waals surface area contributed by atoms with Crippen LogP contribution in [0.3, 0.4) is 0 Å². The van der Waals surface area contributed by atoms with Crippen molar-refractivity contribution in [1.29, 1.82) is 5.26 Å². The van der Waals surface area contributed by atoms with Gasteiger partial charge in [0.25, 0.3) is 5.56 Å². The number of nitrogens with zero attached hydrogens (tertiary/aromatic N) is 4. The van der Waals surface area contributed by atoms with Gasteiger partial charge in [-0.3, -0.25) is 9.36 Å². The molecule has 1 aromatic heterocycles. The van der Waals surface area contributed by atoms with Gasteiger partial charge in [-0.05, 0) is 50.5 Å². The summed E-state index contributed by atoms with van der Waals surface area (Å²) in [4.78, 5) is 12.7. The van der Waals surface area contributed by atoms with Crippen LogP contribution >= 0.6 is 0 Å². The molecular weight excluding hydrogens is 332 g/mol. The number of azo groups is 1. The van der Waals surface area contributed by atoms with E-state index >= 15 is 0 Å². The SMILES string of the molecule is COCCCn1c(O)c(C#N)c(C)c(N=Nc2ccc(C)c(C)c2)c1=O. The zero-order valence-electron chi connectivity index (χ0n) is 15.4. The summed E-state index contributed by atoms with van der Waals surface area (Å²) >= 11 is 0. The van der Waals surface area contributed by atoms with Gasteiger partial charge < -0.3 is 9.84 Å². The summed E-state index contributed by atoms with van der Waals surface area (Å²) in [6.07, 6.45) is 0.519. The number of rotatable bonds is 6. The predicted molar refractivity (Wildman–Crippen MR) is 98.4 cm³/mol. The molecule has 0 radical (unpaired) electrons. The minimum atomic E-state index is -0.484. The van der Waals surface area contributed by atoms with E-state index in [-0.39, 0.29) is 23.7 Å². The maximum absolute atomic E-state index is 12.7. The second-order valence-electron chi connectivity index (χ2n) is 6.06. The molecule has 0 aliphatic heterocycles. The summed E-state index contributed by atoms with van der Waals surface area (Å²) in [5, 5.41) is 27.8. The van der Waals surface area contributed by atoms with Crippen LogP contribution in [0, 0.1) is 32.1 Å². The summed E-state index contributed by atoms with van der Waals surface area (Å²) in [6.45, 7) is 6.20. The Morgan fingerprint density at radius 2 is 1.96 bits per heavy atom. The first-order valence-corrected chi connectivity index (χ1v) is 8.25. The summed E-state index contributed by atoms with van der Waals surface area (Å²) in [7, 11) is 1.56. The highest BCUT2D eigenvalue weighted by molar-refractivity contribution is 5.56. The van der Waals surface area contributed by atoms with Crippen molar-refractivity contribution in [2.24, 2.45) is 10.2 Å². The van der Waals surface area contributed by atoms with E-state index in [1.165, 1.54) is 0 Å². The highest BCUT2D eigenvalue weighted by atomic mass is 16.5. The fraction of sp³-hybridized carbons (Fsp3) is 0.368. The Morgan fingerprint density at radius 3 is 2.58 bits per heavy atom. The van der Waals surface area contributed by atoms with E-state index in [0.717, 1.165) is 15.7 Å². The molecule has 2 aromatic rings. The van der Waals surface area contributed by atoms with Crippen LogP contribution in [0.2, 0.25) is 0 Å². The third kappa shape index (κ3) is 3.98. The molecule has 1 N–H and O–H groups in total. The standard InChI is InChI=1S/C19H22N4O3/c1-12-6-7-15(10-13(12)2)21-22-17-14(3)16(11-20)18(24)23(19(17)25)8-5-9-26-4/h6-7,10,24H,5,8-9H2,1-4H3. The van der Waals surface area contributed by atoms with Crippen LogP contribution in [0.25, 0.3) is 0 Å². The van der Waals surface area contributed by atoms with Gasteiger partial charge in [0.1, 0.15) is 11.6 Å². The molecule has 136 valence electrons. The van der Waals surface area contributed by atoms with E-state index in [1.807, 2.05) is 38.1 Å². The van der Waals surface area contributed by atoms with Crippen molar-refractivity contribution < 1.29 is 9.84 Å². The van der Waals surface area contributed by atoms with E-state index < -0.39 is 5.56 Å². The molecule has 1 aromatic carbocycles. The van der Waals surface area contributed by atoms with Crippen molar-refractivity contribution in [3.8, 4) is 11.9 Å². The molecule has 0 aliphatic rings. The quantitative estimate of drug-likeness (QED) is 0.630. The Bertz CT molecular complexity index is 939. The molecule has 0 atom stereocenters. The van der Waals surface area contributed by atoms with Gasteiger partial charge in [0.2, 0.25) is 5.88 Å². The van der Waals surface area contributed by atoms with E-state index in [1.54, 1.807) is 14.0 Å². The van der Waals surface area contributed by atoms with Crippen LogP contribution in [-0.2, 0) is 11.3 Å². The Morgan fingerprint density at radius 1 is 1.23 bits per heavy atom. The number of ether oxygens (including phenoxy) is 1. The number of aryl methyl sites for hydroxylation is 2. The normalized spacial score (nSPS) is 11.0.